The maximum absolute atomic E-state index is 12.6. The molecule has 0 saturated carbocycles. The molecule has 0 fully saturated rings. The van der Waals surface area contributed by atoms with Crippen molar-refractivity contribution in [2.45, 2.75) is 19.0 Å². The van der Waals surface area contributed by atoms with Gasteiger partial charge < -0.3 is 5.32 Å². The number of hydrogen-bond donors (Lipinski definition) is 1. The van der Waals surface area contributed by atoms with E-state index in [1.54, 1.807) is 0 Å². The summed E-state index contributed by atoms with van der Waals surface area (Å²) in [7, 11) is 0. The van der Waals surface area contributed by atoms with E-state index in [9.17, 15) is 17.6 Å². The molecule has 1 aromatic carbocycles. The van der Waals surface area contributed by atoms with Crippen molar-refractivity contribution in [1.29, 1.82) is 0 Å². The molecular formula is C10H10ClF4N. The van der Waals surface area contributed by atoms with E-state index in [0.717, 1.165) is 6.07 Å². The van der Waals surface area contributed by atoms with Crippen LogP contribution in [0.15, 0.2) is 18.2 Å². The van der Waals surface area contributed by atoms with Crippen molar-refractivity contribution < 1.29 is 17.6 Å². The zero-order chi connectivity index (χ0) is 12.2. The molecule has 0 bridgehead atoms. The summed E-state index contributed by atoms with van der Waals surface area (Å²) in [6.45, 7) is 0.144. The Balaban J connectivity index is 2.38. The van der Waals surface area contributed by atoms with Gasteiger partial charge in [0, 0.05) is 13.0 Å². The maximum Gasteiger partial charge on any atom is 0.389 e. The summed E-state index contributed by atoms with van der Waals surface area (Å²) in [6.07, 6.45) is -5.04. The molecule has 1 rings (SSSR count). The van der Waals surface area contributed by atoms with Crippen LogP contribution < -0.4 is 5.32 Å². The van der Waals surface area contributed by atoms with Crippen molar-refractivity contribution >= 4 is 17.3 Å². The Kier molecular flexibility index (Phi) is 4.41. The van der Waals surface area contributed by atoms with Crippen LogP contribution >= 0.6 is 11.6 Å². The third-order valence-electron chi connectivity index (χ3n) is 1.88. The summed E-state index contributed by atoms with van der Waals surface area (Å²) in [5.74, 6) is -0.481. The van der Waals surface area contributed by atoms with E-state index >= 15 is 0 Å². The zero-order valence-electron chi connectivity index (χ0n) is 8.24. The number of nitrogens with one attached hydrogen (secondary N) is 1. The van der Waals surface area contributed by atoms with Crippen molar-refractivity contribution in [2.24, 2.45) is 0 Å². The van der Waals surface area contributed by atoms with Gasteiger partial charge in [-0.15, -0.1) is 0 Å². The largest absolute Gasteiger partial charge is 0.389 e. The Morgan fingerprint density at radius 3 is 2.50 bits per heavy atom. The third kappa shape index (κ3) is 4.70. The fourth-order valence-corrected chi connectivity index (χ4v) is 1.38. The monoisotopic (exact) mass is 255 g/mol. The fourth-order valence-electron chi connectivity index (χ4n) is 1.14. The highest BCUT2D eigenvalue weighted by Crippen LogP contribution is 2.24. The Morgan fingerprint density at radius 1 is 1.25 bits per heavy atom. The van der Waals surface area contributed by atoms with Crippen LogP contribution in [0.25, 0.3) is 0 Å². The molecule has 0 spiro atoms. The zero-order valence-corrected chi connectivity index (χ0v) is 9.00. The van der Waals surface area contributed by atoms with Crippen molar-refractivity contribution in [3.05, 3.63) is 29.0 Å². The minimum Gasteiger partial charge on any atom is -0.384 e. The minimum absolute atomic E-state index is 0.0444. The highest BCUT2D eigenvalue weighted by Gasteiger charge is 2.25. The summed E-state index contributed by atoms with van der Waals surface area (Å²) >= 11 is 5.67. The molecule has 1 N–H and O–H groups in total. The highest BCUT2D eigenvalue weighted by molar-refractivity contribution is 6.33. The molecular weight excluding hydrogens is 246 g/mol. The predicted octanol–water partition coefficient (Wildman–Crippen LogP) is 4.23. The molecule has 0 amide bonds. The van der Waals surface area contributed by atoms with Crippen LogP contribution in [0.5, 0.6) is 0 Å². The summed E-state index contributed by atoms with van der Waals surface area (Å²) in [6, 6.07) is 3.69. The van der Waals surface area contributed by atoms with Gasteiger partial charge in [-0.05, 0) is 24.6 Å². The number of benzene rings is 1. The van der Waals surface area contributed by atoms with Gasteiger partial charge in [-0.1, -0.05) is 11.6 Å². The second kappa shape index (κ2) is 5.39. The lowest BCUT2D eigenvalue weighted by Crippen LogP contribution is -2.11. The number of halogens is 5. The quantitative estimate of drug-likeness (QED) is 0.627. The summed E-state index contributed by atoms with van der Waals surface area (Å²) in [4.78, 5) is 0. The highest BCUT2D eigenvalue weighted by atomic mass is 35.5. The SMILES string of the molecule is Fc1ccc(NCCCC(F)(F)F)c(Cl)c1. The molecule has 90 valence electrons. The third-order valence-corrected chi connectivity index (χ3v) is 2.20. The first-order valence-corrected chi connectivity index (χ1v) is 5.02. The average Bonchev–Trinajstić information content (AvgIpc) is 2.13. The van der Waals surface area contributed by atoms with Gasteiger partial charge in [0.1, 0.15) is 5.82 Å². The molecule has 0 radical (unpaired) electrons. The predicted molar refractivity (Wildman–Crippen MR) is 55.2 cm³/mol. The Labute approximate surface area is 95.4 Å². The van der Waals surface area contributed by atoms with Crippen molar-refractivity contribution in [1.82, 2.24) is 0 Å². The molecule has 6 heteroatoms. The van der Waals surface area contributed by atoms with Crippen LogP contribution in [-0.4, -0.2) is 12.7 Å². The maximum atomic E-state index is 12.6. The first-order chi connectivity index (χ1) is 7.38. The molecule has 16 heavy (non-hydrogen) atoms. The smallest absolute Gasteiger partial charge is 0.384 e. The van der Waals surface area contributed by atoms with E-state index in [1.807, 2.05) is 0 Å². The van der Waals surface area contributed by atoms with Crippen molar-refractivity contribution in [2.75, 3.05) is 11.9 Å². The van der Waals surface area contributed by atoms with Crippen LogP contribution in [0.1, 0.15) is 12.8 Å². The topological polar surface area (TPSA) is 12.0 Å². The van der Waals surface area contributed by atoms with Crippen LogP contribution in [-0.2, 0) is 0 Å². The van der Waals surface area contributed by atoms with Gasteiger partial charge in [-0.2, -0.15) is 13.2 Å². The van der Waals surface area contributed by atoms with E-state index < -0.39 is 18.4 Å². The average molecular weight is 256 g/mol. The Morgan fingerprint density at radius 2 is 1.94 bits per heavy atom. The minimum atomic E-state index is -4.14. The molecule has 0 unspecified atom stereocenters. The lowest BCUT2D eigenvalue weighted by atomic mass is 10.2. The Bertz CT molecular complexity index is 351. The molecule has 0 aliphatic rings. The lowest BCUT2D eigenvalue weighted by Gasteiger charge is -2.09. The first kappa shape index (κ1) is 13.1. The van der Waals surface area contributed by atoms with Gasteiger partial charge in [-0.3, -0.25) is 0 Å². The lowest BCUT2D eigenvalue weighted by molar-refractivity contribution is -0.134. The number of hydrogen-bond acceptors (Lipinski definition) is 1. The van der Waals surface area contributed by atoms with Crippen molar-refractivity contribution in [3.8, 4) is 0 Å². The van der Waals surface area contributed by atoms with E-state index in [4.69, 9.17) is 11.6 Å². The second-order valence-electron chi connectivity index (χ2n) is 3.27. The first-order valence-electron chi connectivity index (χ1n) is 4.64. The molecule has 0 aliphatic carbocycles. The summed E-state index contributed by atoms with van der Waals surface area (Å²) < 4.78 is 48.1. The van der Waals surface area contributed by atoms with E-state index in [2.05, 4.69) is 5.32 Å². The molecule has 1 aromatic rings. The summed E-state index contributed by atoms with van der Waals surface area (Å²) in [5, 5.41) is 2.87. The van der Waals surface area contributed by atoms with Gasteiger partial charge in [0.05, 0.1) is 10.7 Å². The standard InChI is InChI=1S/C10H10ClF4N/c11-8-6-7(12)2-3-9(8)16-5-1-4-10(13,14)15/h2-3,6,16H,1,4-5H2. The molecule has 0 atom stereocenters. The molecule has 0 heterocycles. The van der Waals surface area contributed by atoms with Gasteiger partial charge in [0.2, 0.25) is 0 Å². The van der Waals surface area contributed by atoms with Crippen LogP contribution in [0.4, 0.5) is 23.2 Å². The van der Waals surface area contributed by atoms with Gasteiger partial charge in [0.25, 0.3) is 0 Å². The van der Waals surface area contributed by atoms with Crippen molar-refractivity contribution in [3.63, 3.8) is 0 Å². The number of rotatable bonds is 4. The van der Waals surface area contributed by atoms with Gasteiger partial charge in [-0.25, -0.2) is 4.39 Å². The normalized spacial score (nSPS) is 11.6. The van der Waals surface area contributed by atoms with Gasteiger partial charge >= 0.3 is 6.18 Å². The van der Waals surface area contributed by atoms with Gasteiger partial charge in [0.15, 0.2) is 0 Å². The van der Waals surface area contributed by atoms with E-state index in [-0.39, 0.29) is 18.0 Å². The van der Waals surface area contributed by atoms with Crippen LogP contribution in [0.2, 0.25) is 5.02 Å². The van der Waals surface area contributed by atoms with Crippen LogP contribution in [0.3, 0.4) is 0 Å². The molecule has 0 aliphatic heterocycles. The fraction of sp³-hybridized carbons (Fsp3) is 0.400. The molecule has 1 nitrogen and oxygen atoms in total. The summed E-state index contributed by atoms with van der Waals surface area (Å²) in [5.41, 5.74) is 0.435. The number of alkyl halides is 3. The van der Waals surface area contributed by atoms with E-state index in [0.29, 0.717) is 5.69 Å². The molecule has 0 aromatic heterocycles. The van der Waals surface area contributed by atoms with E-state index in [1.165, 1.54) is 12.1 Å². The Hall–Kier alpha value is -0.970. The number of anilines is 1. The molecule has 0 saturated heterocycles. The van der Waals surface area contributed by atoms with Crippen LogP contribution in [0, 0.1) is 5.82 Å². The second-order valence-corrected chi connectivity index (χ2v) is 3.68.